The van der Waals surface area contributed by atoms with Crippen LogP contribution in [0.1, 0.15) is 36.5 Å². The molecule has 3 N–H and O–H groups in total. The summed E-state index contributed by atoms with van der Waals surface area (Å²) in [5.74, 6) is 0.420. The van der Waals surface area contributed by atoms with E-state index in [1.54, 1.807) is 18.2 Å². The van der Waals surface area contributed by atoms with Gasteiger partial charge in [0.2, 0.25) is 5.91 Å². The molecule has 2 rings (SSSR count). The summed E-state index contributed by atoms with van der Waals surface area (Å²) in [4.78, 5) is 24.1. The summed E-state index contributed by atoms with van der Waals surface area (Å²) in [5, 5.41) is 9.01. The number of ether oxygens (including phenoxy) is 1. The molecule has 0 spiro atoms. The van der Waals surface area contributed by atoms with Crippen LogP contribution in [0.25, 0.3) is 0 Å². The predicted octanol–water partition coefficient (Wildman–Crippen LogP) is 2.05. The van der Waals surface area contributed by atoms with E-state index in [0.717, 1.165) is 19.5 Å². The van der Waals surface area contributed by atoms with E-state index in [-0.39, 0.29) is 24.2 Å². The highest BCUT2D eigenvalue weighted by Gasteiger charge is 2.11. The molecule has 144 valence electrons. The number of hydrogen-bond acceptors (Lipinski definition) is 4. The second-order valence-electron chi connectivity index (χ2n) is 5.88. The number of hydrogen-bond donors (Lipinski definition) is 3. The molecule has 1 aromatic rings. The first-order valence-electron chi connectivity index (χ1n) is 8.86. The molecule has 0 unspecified atom stereocenters. The molecule has 2 amide bonds. The van der Waals surface area contributed by atoms with Gasteiger partial charge in [-0.25, -0.2) is 0 Å². The molecular weight excluding hydrogens is 354 g/mol. The summed E-state index contributed by atoms with van der Waals surface area (Å²) in [6, 6.07) is 7.16. The van der Waals surface area contributed by atoms with Crippen molar-refractivity contribution in [1.29, 1.82) is 0 Å². The lowest BCUT2D eigenvalue weighted by molar-refractivity contribution is -0.121. The lowest BCUT2D eigenvalue weighted by Crippen LogP contribution is -2.30. The van der Waals surface area contributed by atoms with E-state index in [1.165, 1.54) is 5.57 Å². The first-order chi connectivity index (χ1) is 12.2. The quantitative estimate of drug-likeness (QED) is 0.452. The van der Waals surface area contributed by atoms with Crippen LogP contribution in [0, 0.1) is 0 Å². The Kier molecular flexibility index (Phi) is 10.4. The van der Waals surface area contributed by atoms with Crippen molar-refractivity contribution in [2.75, 3.05) is 32.8 Å². The number of carbonyl (C=O) groups is 2. The van der Waals surface area contributed by atoms with Crippen LogP contribution >= 0.6 is 12.4 Å². The molecule has 0 bridgehead atoms. The first kappa shape index (κ1) is 22.0. The van der Waals surface area contributed by atoms with Crippen LogP contribution in [-0.2, 0) is 4.79 Å². The summed E-state index contributed by atoms with van der Waals surface area (Å²) in [6.45, 7) is 5.31. The first-order valence-corrected chi connectivity index (χ1v) is 8.86. The summed E-state index contributed by atoms with van der Waals surface area (Å²) in [7, 11) is 0. The summed E-state index contributed by atoms with van der Waals surface area (Å²) in [5.41, 5.74) is 1.79. The molecule has 7 heteroatoms. The second kappa shape index (κ2) is 12.3. The number of rotatable bonds is 9. The van der Waals surface area contributed by atoms with Crippen LogP contribution in [0.15, 0.2) is 35.9 Å². The van der Waals surface area contributed by atoms with Crippen LogP contribution in [-0.4, -0.2) is 44.6 Å². The van der Waals surface area contributed by atoms with Crippen molar-refractivity contribution in [3.05, 3.63) is 41.5 Å². The average molecular weight is 382 g/mol. The minimum atomic E-state index is -0.177. The fourth-order valence-corrected chi connectivity index (χ4v) is 2.61. The molecular formula is C19H28ClN3O3. The molecule has 0 saturated carbocycles. The molecule has 0 aliphatic carbocycles. The Morgan fingerprint density at radius 2 is 2.04 bits per heavy atom. The van der Waals surface area contributed by atoms with Crippen molar-refractivity contribution >= 4 is 24.2 Å². The Morgan fingerprint density at radius 3 is 2.77 bits per heavy atom. The van der Waals surface area contributed by atoms with Gasteiger partial charge in [-0.05, 0) is 38.4 Å². The summed E-state index contributed by atoms with van der Waals surface area (Å²) >= 11 is 0. The molecule has 6 nitrogen and oxygen atoms in total. The maximum atomic E-state index is 12.2. The third kappa shape index (κ3) is 7.45. The van der Waals surface area contributed by atoms with E-state index in [1.807, 2.05) is 13.0 Å². The maximum Gasteiger partial charge on any atom is 0.255 e. The molecule has 0 saturated heterocycles. The third-order valence-corrected chi connectivity index (χ3v) is 3.97. The van der Waals surface area contributed by atoms with Gasteiger partial charge >= 0.3 is 0 Å². The molecule has 1 aliphatic rings. The lowest BCUT2D eigenvalue weighted by Gasteiger charge is -2.14. The van der Waals surface area contributed by atoms with Crippen LogP contribution < -0.4 is 20.7 Å². The molecule has 1 aliphatic heterocycles. The number of halogens is 1. The topological polar surface area (TPSA) is 79.5 Å². The SMILES string of the molecule is CCOc1ccccc1C(=O)NCCCC(=O)NCC1=CCNCC1.Cl. The van der Waals surface area contributed by atoms with E-state index in [2.05, 4.69) is 22.0 Å². The van der Waals surface area contributed by atoms with Gasteiger partial charge in [0.05, 0.1) is 12.2 Å². The fraction of sp³-hybridized carbons (Fsp3) is 0.474. The molecule has 0 atom stereocenters. The molecule has 0 radical (unpaired) electrons. The molecule has 0 fully saturated rings. The highest BCUT2D eigenvalue weighted by molar-refractivity contribution is 5.96. The zero-order valence-electron chi connectivity index (χ0n) is 15.2. The second-order valence-corrected chi connectivity index (χ2v) is 5.88. The summed E-state index contributed by atoms with van der Waals surface area (Å²) < 4.78 is 5.46. The van der Waals surface area contributed by atoms with Gasteiger partial charge in [0.25, 0.3) is 5.91 Å². The standard InChI is InChI=1S/C19H27N3O3.ClH/c1-2-25-17-7-4-3-6-16(17)19(24)21-11-5-8-18(23)22-14-15-9-12-20-13-10-15;/h3-4,6-7,9,20H,2,5,8,10-14H2,1H3,(H,21,24)(H,22,23);1H. The van der Waals surface area contributed by atoms with Gasteiger partial charge < -0.3 is 20.7 Å². The normalized spacial score (nSPS) is 13.2. The Bertz CT molecular complexity index is 620. The Morgan fingerprint density at radius 1 is 1.23 bits per heavy atom. The van der Waals surface area contributed by atoms with Crippen LogP contribution in [0.4, 0.5) is 0 Å². The molecule has 1 heterocycles. The number of amides is 2. The fourth-order valence-electron chi connectivity index (χ4n) is 2.61. The number of para-hydroxylation sites is 1. The monoisotopic (exact) mass is 381 g/mol. The number of benzene rings is 1. The Balaban J connectivity index is 0.00000338. The lowest BCUT2D eigenvalue weighted by atomic mass is 10.1. The van der Waals surface area contributed by atoms with Crippen LogP contribution in [0.2, 0.25) is 0 Å². The minimum absolute atomic E-state index is 0. The van der Waals surface area contributed by atoms with E-state index < -0.39 is 0 Å². The predicted molar refractivity (Wildman–Crippen MR) is 105 cm³/mol. The highest BCUT2D eigenvalue weighted by Crippen LogP contribution is 2.17. The van der Waals surface area contributed by atoms with Gasteiger partial charge in [-0.3, -0.25) is 9.59 Å². The van der Waals surface area contributed by atoms with Gasteiger partial charge in [0, 0.05) is 26.1 Å². The largest absolute Gasteiger partial charge is 0.493 e. The van der Waals surface area contributed by atoms with Crippen molar-refractivity contribution in [3.8, 4) is 5.75 Å². The smallest absolute Gasteiger partial charge is 0.255 e. The zero-order valence-corrected chi connectivity index (χ0v) is 16.0. The van der Waals surface area contributed by atoms with E-state index in [9.17, 15) is 9.59 Å². The maximum absolute atomic E-state index is 12.2. The Labute approximate surface area is 161 Å². The zero-order chi connectivity index (χ0) is 17.9. The Hall–Kier alpha value is -2.05. The van der Waals surface area contributed by atoms with Crippen molar-refractivity contribution < 1.29 is 14.3 Å². The van der Waals surface area contributed by atoms with Gasteiger partial charge in [0.1, 0.15) is 5.75 Å². The van der Waals surface area contributed by atoms with Gasteiger partial charge in [-0.2, -0.15) is 0 Å². The van der Waals surface area contributed by atoms with Crippen LogP contribution in [0.5, 0.6) is 5.75 Å². The van der Waals surface area contributed by atoms with E-state index in [4.69, 9.17) is 4.74 Å². The molecule has 26 heavy (non-hydrogen) atoms. The van der Waals surface area contributed by atoms with Crippen molar-refractivity contribution in [3.63, 3.8) is 0 Å². The molecule has 0 aromatic heterocycles. The molecule has 1 aromatic carbocycles. The highest BCUT2D eigenvalue weighted by atomic mass is 35.5. The van der Waals surface area contributed by atoms with E-state index in [0.29, 0.717) is 43.9 Å². The minimum Gasteiger partial charge on any atom is -0.493 e. The van der Waals surface area contributed by atoms with Crippen molar-refractivity contribution in [2.45, 2.75) is 26.2 Å². The number of nitrogens with one attached hydrogen (secondary N) is 3. The van der Waals surface area contributed by atoms with Gasteiger partial charge in [-0.15, -0.1) is 12.4 Å². The van der Waals surface area contributed by atoms with Crippen molar-refractivity contribution in [1.82, 2.24) is 16.0 Å². The average Bonchev–Trinajstić information content (AvgIpc) is 2.65. The number of carbonyl (C=O) groups excluding carboxylic acids is 2. The van der Waals surface area contributed by atoms with Gasteiger partial charge in [-0.1, -0.05) is 23.8 Å². The van der Waals surface area contributed by atoms with Crippen LogP contribution in [0.3, 0.4) is 0 Å². The van der Waals surface area contributed by atoms with E-state index >= 15 is 0 Å². The third-order valence-electron chi connectivity index (χ3n) is 3.97. The van der Waals surface area contributed by atoms with Gasteiger partial charge in [0.15, 0.2) is 0 Å². The summed E-state index contributed by atoms with van der Waals surface area (Å²) in [6.07, 6.45) is 4.11. The van der Waals surface area contributed by atoms with Crippen molar-refractivity contribution in [2.24, 2.45) is 0 Å².